The molecule has 0 saturated heterocycles. The molecule has 0 aromatic carbocycles. The predicted octanol–water partition coefficient (Wildman–Crippen LogP) is 1.43. The van der Waals surface area contributed by atoms with Crippen LogP contribution in [0.1, 0.15) is 31.7 Å². The predicted molar refractivity (Wildman–Crippen MR) is 65.7 cm³/mol. The summed E-state index contributed by atoms with van der Waals surface area (Å²) in [5.41, 5.74) is 5.55. The van der Waals surface area contributed by atoms with Gasteiger partial charge in [-0.3, -0.25) is 4.98 Å². The van der Waals surface area contributed by atoms with Crippen molar-refractivity contribution in [2.24, 2.45) is 11.7 Å². The second-order valence-electron chi connectivity index (χ2n) is 4.66. The van der Waals surface area contributed by atoms with Gasteiger partial charge in [0.25, 0.3) is 0 Å². The van der Waals surface area contributed by atoms with Gasteiger partial charge < -0.3 is 15.6 Å². The summed E-state index contributed by atoms with van der Waals surface area (Å²) in [4.78, 5) is 4.12. The molecule has 1 heterocycles. The monoisotopic (exact) mass is 236 g/mol. The van der Waals surface area contributed by atoms with Gasteiger partial charge in [0.2, 0.25) is 0 Å². The van der Waals surface area contributed by atoms with Crippen molar-refractivity contribution in [3.05, 3.63) is 24.0 Å². The number of hydrogen-bond acceptors (Lipinski definition) is 4. The van der Waals surface area contributed by atoms with Crippen LogP contribution in [0.2, 0.25) is 0 Å². The number of ether oxygens (including phenoxy) is 1. The maximum Gasteiger partial charge on any atom is 0.137 e. The molecular formula is C13H20N2O2. The minimum atomic E-state index is -0.932. The summed E-state index contributed by atoms with van der Waals surface area (Å²) in [7, 11) is 0. The molecule has 1 aromatic heterocycles. The Morgan fingerprint density at radius 3 is 2.88 bits per heavy atom. The number of nitrogens with zero attached hydrogens (tertiary/aromatic N) is 1. The second-order valence-corrected chi connectivity index (χ2v) is 4.66. The van der Waals surface area contributed by atoms with Crippen LogP contribution in [-0.2, 0) is 5.60 Å². The summed E-state index contributed by atoms with van der Waals surface area (Å²) >= 11 is 0. The van der Waals surface area contributed by atoms with Crippen LogP contribution in [0.3, 0.4) is 0 Å². The lowest BCUT2D eigenvalue weighted by Gasteiger charge is -2.26. The van der Waals surface area contributed by atoms with Crippen LogP contribution in [0.4, 0.5) is 0 Å². The molecule has 1 atom stereocenters. The molecule has 1 aliphatic carbocycles. The molecule has 1 saturated carbocycles. The van der Waals surface area contributed by atoms with Crippen molar-refractivity contribution in [3.8, 4) is 5.75 Å². The Morgan fingerprint density at radius 1 is 1.53 bits per heavy atom. The standard InChI is InChI=1S/C13H20N2O2/c1-2-5-17-12-6-11(7-15-8-12)13(16,9-14)10-3-4-10/h6-8,10,16H,2-5,9,14H2,1H3. The Labute approximate surface area is 102 Å². The first-order valence-electron chi connectivity index (χ1n) is 6.21. The molecule has 2 rings (SSSR count). The maximum absolute atomic E-state index is 10.6. The minimum Gasteiger partial charge on any atom is -0.492 e. The lowest BCUT2D eigenvalue weighted by Crippen LogP contribution is -2.37. The summed E-state index contributed by atoms with van der Waals surface area (Å²) in [5.74, 6) is 0.979. The molecule has 3 N–H and O–H groups in total. The van der Waals surface area contributed by atoms with Gasteiger partial charge in [0.05, 0.1) is 12.8 Å². The van der Waals surface area contributed by atoms with E-state index in [1.807, 2.05) is 6.07 Å². The lowest BCUT2D eigenvalue weighted by atomic mass is 9.90. The number of hydrogen-bond donors (Lipinski definition) is 2. The fraction of sp³-hybridized carbons (Fsp3) is 0.615. The largest absolute Gasteiger partial charge is 0.492 e. The molecular weight excluding hydrogens is 216 g/mol. The summed E-state index contributed by atoms with van der Waals surface area (Å²) in [5, 5.41) is 10.6. The van der Waals surface area contributed by atoms with Gasteiger partial charge in [0.1, 0.15) is 11.4 Å². The number of pyridine rings is 1. The maximum atomic E-state index is 10.6. The molecule has 0 amide bonds. The summed E-state index contributed by atoms with van der Waals surface area (Å²) in [6.07, 6.45) is 6.38. The van der Waals surface area contributed by atoms with Crippen molar-refractivity contribution in [2.45, 2.75) is 31.8 Å². The van der Waals surface area contributed by atoms with E-state index < -0.39 is 5.60 Å². The zero-order valence-corrected chi connectivity index (χ0v) is 10.2. The molecule has 0 spiro atoms. The summed E-state index contributed by atoms with van der Waals surface area (Å²) < 4.78 is 5.52. The lowest BCUT2D eigenvalue weighted by molar-refractivity contribution is 0.0216. The van der Waals surface area contributed by atoms with Gasteiger partial charge in [-0.1, -0.05) is 6.92 Å². The van der Waals surface area contributed by atoms with Crippen LogP contribution in [-0.4, -0.2) is 23.2 Å². The quantitative estimate of drug-likeness (QED) is 0.784. The van der Waals surface area contributed by atoms with Crippen molar-refractivity contribution in [3.63, 3.8) is 0 Å². The van der Waals surface area contributed by atoms with E-state index in [-0.39, 0.29) is 12.5 Å². The van der Waals surface area contributed by atoms with Gasteiger partial charge in [0.15, 0.2) is 0 Å². The van der Waals surface area contributed by atoms with Crippen molar-refractivity contribution >= 4 is 0 Å². The average molecular weight is 236 g/mol. The van der Waals surface area contributed by atoms with Gasteiger partial charge in [-0.25, -0.2) is 0 Å². The van der Waals surface area contributed by atoms with Gasteiger partial charge in [-0.15, -0.1) is 0 Å². The third-order valence-electron chi connectivity index (χ3n) is 3.25. The number of nitrogens with two attached hydrogens (primary N) is 1. The number of aliphatic hydroxyl groups is 1. The molecule has 4 heteroatoms. The van der Waals surface area contributed by atoms with E-state index in [2.05, 4.69) is 11.9 Å². The average Bonchev–Trinajstić information content (AvgIpc) is 3.20. The first kappa shape index (κ1) is 12.3. The first-order chi connectivity index (χ1) is 8.20. The molecule has 17 heavy (non-hydrogen) atoms. The van der Waals surface area contributed by atoms with Gasteiger partial charge in [0, 0.05) is 18.3 Å². The molecule has 4 nitrogen and oxygen atoms in total. The fourth-order valence-corrected chi connectivity index (χ4v) is 2.04. The Hall–Kier alpha value is -1.13. The van der Waals surface area contributed by atoms with E-state index >= 15 is 0 Å². The van der Waals surface area contributed by atoms with E-state index in [1.165, 1.54) is 0 Å². The molecule has 0 radical (unpaired) electrons. The minimum absolute atomic E-state index is 0.233. The Balaban J connectivity index is 2.19. The Bertz CT molecular complexity index is 379. The highest BCUT2D eigenvalue weighted by molar-refractivity contribution is 5.30. The highest BCUT2D eigenvalue weighted by atomic mass is 16.5. The molecule has 94 valence electrons. The zero-order valence-electron chi connectivity index (χ0n) is 10.2. The van der Waals surface area contributed by atoms with E-state index in [4.69, 9.17) is 10.5 Å². The molecule has 0 aliphatic heterocycles. The van der Waals surface area contributed by atoms with Crippen LogP contribution >= 0.6 is 0 Å². The number of aromatic nitrogens is 1. The SMILES string of the molecule is CCCOc1cncc(C(O)(CN)C2CC2)c1. The second kappa shape index (κ2) is 5.02. The van der Waals surface area contributed by atoms with E-state index in [9.17, 15) is 5.11 Å². The van der Waals surface area contributed by atoms with Crippen molar-refractivity contribution in [2.75, 3.05) is 13.2 Å². The normalized spacial score (nSPS) is 18.8. The summed E-state index contributed by atoms with van der Waals surface area (Å²) in [6, 6.07) is 1.86. The van der Waals surface area contributed by atoms with E-state index in [0.29, 0.717) is 12.4 Å². The highest BCUT2D eigenvalue weighted by Gasteiger charge is 2.44. The van der Waals surface area contributed by atoms with Crippen LogP contribution < -0.4 is 10.5 Å². The topological polar surface area (TPSA) is 68.4 Å². The van der Waals surface area contributed by atoms with Crippen LogP contribution in [0, 0.1) is 5.92 Å². The molecule has 1 unspecified atom stereocenters. The molecule has 1 aromatic rings. The molecule has 0 bridgehead atoms. The van der Waals surface area contributed by atoms with Gasteiger partial charge >= 0.3 is 0 Å². The van der Waals surface area contributed by atoms with Gasteiger partial charge in [-0.05, 0) is 31.2 Å². The van der Waals surface area contributed by atoms with Crippen molar-refractivity contribution in [1.82, 2.24) is 4.98 Å². The van der Waals surface area contributed by atoms with Crippen molar-refractivity contribution < 1.29 is 9.84 Å². The zero-order chi connectivity index (χ0) is 12.3. The number of rotatable bonds is 6. The first-order valence-corrected chi connectivity index (χ1v) is 6.21. The molecule has 1 fully saturated rings. The van der Waals surface area contributed by atoms with Crippen LogP contribution in [0.15, 0.2) is 18.5 Å². The Kier molecular flexibility index (Phi) is 3.64. The highest BCUT2D eigenvalue weighted by Crippen LogP contribution is 2.45. The van der Waals surface area contributed by atoms with E-state index in [1.54, 1.807) is 12.4 Å². The smallest absolute Gasteiger partial charge is 0.137 e. The third kappa shape index (κ3) is 2.58. The van der Waals surface area contributed by atoms with Gasteiger partial charge in [-0.2, -0.15) is 0 Å². The summed E-state index contributed by atoms with van der Waals surface area (Å²) in [6.45, 7) is 2.95. The van der Waals surface area contributed by atoms with Crippen LogP contribution in [0.25, 0.3) is 0 Å². The van der Waals surface area contributed by atoms with E-state index in [0.717, 1.165) is 24.8 Å². The Morgan fingerprint density at radius 2 is 2.29 bits per heavy atom. The van der Waals surface area contributed by atoms with Crippen molar-refractivity contribution in [1.29, 1.82) is 0 Å². The third-order valence-corrected chi connectivity index (χ3v) is 3.25. The molecule has 1 aliphatic rings. The fourth-order valence-electron chi connectivity index (χ4n) is 2.04. The van der Waals surface area contributed by atoms with Crippen LogP contribution in [0.5, 0.6) is 5.75 Å².